The molecule has 3 nitrogen and oxygen atoms in total. The smallest absolute Gasteiger partial charge is 0.222 e. The van der Waals surface area contributed by atoms with Crippen molar-refractivity contribution in [1.29, 1.82) is 0 Å². The van der Waals surface area contributed by atoms with Crippen molar-refractivity contribution in [3.8, 4) is 0 Å². The quantitative estimate of drug-likeness (QED) is 0.656. The van der Waals surface area contributed by atoms with Crippen LogP contribution < -0.4 is 10.6 Å². The van der Waals surface area contributed by atoms with E-state index < -0.39 is 0 Å². The van der Waals surface area contributed by atoms with Crippen LogP contribution in [-0.2, 0) is 4.79 Å². The summed E-state index contributed by atoms with van der Waals surface area (Å²) >= 11 is 0. The summed E-state index contributed by atoms with van der Waals surface area (Å²) in [6, 6.07) is 0. The third-order valence-electron chi connectivity index (χ3n) is 3.31. The van der Waals surface area contributed by atoms with Crippen molar-refractivity contribution in [2.24, 2.45) is 23.7 Å². The lowest BCUT2D eigenvalue weighted by Gasteiger charge is -2.08. The number of amides is 1. The van der Waals surface area contributed by atoms with Crippen molar-refractivity contribution in [1.82, 2.24) is 10.6 Å². The van der Waals surface area contributed by atoms with E-state index >= 15 is 0 Å². The molecule has 3 heteroatoms. The lowest BCUT2D eigenvalue weighted by atomic mass is 10.2. The second kappa shape index (κ2) is 3.29. The zero-order valence-corrected chi connectivity index (χ0v) is 8.34. The van der Waals surface area contributed by atoms with Gasteiger partial charge in [-0.3, -0.25) is 4.79 Å². The number of carbonyl (C=O) groups excluding carboxylic acids is 1. The number of carbonyl (C=O) groups is 1. The maximum Gasteiger partial charge on any atom is 0.222 e. The van der Waals surface area contributed by atoms with Gasteiger partial charge in [0.15, 0.2) is 0 Å². The summed E-state index contributed by atoms with van der Waals surface area (Å²) in [4.78, 5) is 11.3. The van der Waals surface area contributed by atoms with E-state index in [9.17, 15) is 4.79 Å². The fourth-order valence-electron chi connectivity index (χ4n) is 2.27. The Morgan fingerprint density at radius 2 is 2.08 bits per heavy atom. The Morgan fingerprint density at radius 1 is 1.46 bits per heavy atom. The van der Waals surface area contributed by atoms with Crippen molar-refractivity contribution < 1.29 is 4.79 Å². The van der Waals surface area contributed by atoms with Crippen LogP contribution in [0.4, 0.5) is 0 Å². The van der Waals surface area contributed by atoms with Crippen molar-refractivity contribution in [3.05, 3.63) is 0 Å². The summed E-state index contributed by atoms with van der Waals surface area (Å²) in [6.07, 6.45) is 0. The number of piperidine rings is 1. The first-order valence-corrected chi connectivity index (χ1v) is 5.18. The number of nitrogens with one attached hydrogen (secondary N) is 2. The van der Waals surface area contributed by atoms with Crippen LogP contribution in [0.1, 0.15) is 13.8 Å². The van der Waals surface area contributed by atoms with Gasteiger partial charge >= 0.3 is 0 Å². The summed E-state index contributed by atoms with van der Waals surface area (Å²) in [6.45, 7) is 7.09. The van der Waals surface area contributed by atoms with Gasteiger partial charge in [0.05, 0.1) is 0 Å². The topological polar surface area (TPSA) is 41.1 Å². The molecule has 2 unspecified atom stereocenters. The van der Waals surface area contributed by atoms with Gasteiger partial charge in [-0.1, -0.05) is 13.8 Å². The van der Waals surface area contributed by atoms with E-state index in [-0.39, 0.29) is 11.8 Å². The molecule has 0 spiro atoms. The molecule has 1 saturated carbocycles. The fraction of sp³-hybridized carbons (Fsp3) is 0.900. The minimum absolute atomic E-state index is 0.122. The average molecular weight is 182 g/mol. The normalized spacial score (nSPS) is 36.1. The van der Waals surface area contributed by atoms with Gasteiger partial charge in [-0.05, 0) is 30.8 Å². The van der Waals surface area contributed by atoms with Gasteiger partial charge in [0.1, 0.15) is 0 Å². The van der Waals surface area contributed by atoms with E-state index in [0.29, 0.717) is 0 Å². The van der Waals surface area contributed by atoms with E-state index in [1.54, 1.807) is 0 Å². The monoisotopic (exact) mass is 182 g/mol. The molecule has 1 aliphatic heterocycles. The first-order valence-electron chi connectivity index (χ1n) is 5.18. The molecule has 2 rings (SSSR count). The Labute approximate surface area is 79.3 Å². The van der Waals surface area contributed by atoms with E-state index in [0.717, 1.165) is 37.4 Å². The third-order valence-corrected chi connectivity index (χ3v) is 3.31. The van der Waals surface area contributed by atoms with Crippen LogP contribution in [0, 0.1) is 23.7 Å². The SMILES string of the molecule is CC(C)C(=O)NCC1C2CNCC21. The molecule has 2 atom stereocenters. The molecule has 2 fully saturated rings. The van der Waals surface area contributed by atoms with Gasteiger partial charge in [-0.25, -0.2) is 0 Å². The van der Waals surface area contributed by atoms with Crippen molar-refractivity contribution in [3.63, 3.8) is 0 Å². The Bertz CT molecular complexity index is 205. The third kappa shape index (κ3) is 1.70. The van der Waals surface area contributed by atoms with E-state index in [4.69, 9.17) is 0 Å². The summed E-state index contributed by atoms with van der Waals surface area (Å²) in [7, 11) is 0. The van der Waals surface area contributed by atoms with Gasteiger partial charge in [0.25, 0.3) is 0 Å². The van der Waals surface area contributed by atoms with Crippen LogP contribution in [0.3, 0.4) is 0 Å². The van der Waals surface area contributed by atoms with Crippen LogP contribution in [-0.4, -0.2) is 25.5 Å². The van der Waals surface area contributed by atoms with E-state index in [1.165, 1.54) is 0 Å². The van der Waals surface area contributed by atoms with Crippen LogP contribution in [0.25, 0.3) is 0 Å². The maximum atomic E-state index is 11.3. The van der Waals surface area contributed by atoms with Crippen molar-refractivity contribution in [2.75, 3.05) is 19.6 Å². The molecular weight excluding hydrogens is 164 g/mol. The highest BCUT2D eigenvalue weighted by molar-refractivity contribution is 5.77. The number of fused-ring (bicyclic) bond motifs is 1. The van der Waals surface area contributed by atoms with Crippen LogP contribution in [0.15, 0.2) is 0 Å². The second-order valence-electron chi connectivity index (χ2n) is 4.55. The largest absolute Gasteiger partial charge is 0.356 e. The number of hydrogen-bond donors (Lipinski definition) is 2. The number of rotatable bonds is 3. The van der Waals surface area contributed by atoms with Gasteiger partial charge in [-0.2, -0.15) is 0 Å². The predicted molar refractivity (Wildman–Crippen MR) is 51.2 cm³/mol. The molecule has 0 radical (unpaired) electrons. The number of hydrogen-bond acceptors (Lipinski definition) is 2. The zero-order valence-electron chi connectivity index (χ0n) is 8.34. The lowest BCUT2D eigenvalue weighted by Crippen LogP contribution is -2.31. The molecule has 1 heterocycles. The summed E-state index contributed by atoms with van der Waals surface area (Å²) in [5.74, 6) is 2.79. The first-order chi connectivity index (χ1) is 6.20. The van der Waals surface area contributed by atoms with Crippen LogP contribution in [0.2, 0.25) is 0 Å². The molecular formula is C10H18N2O. The second-order valence-corrected chi connectivity index (χ2v) is 4.55. The first kappa shape index (κ1) is 9.00. The Balaban J connectivity index is 1.67. The Morgan fingerprint density at radius 3 is 2.62 bits per heavy atom. The zero-order chi connectivity index (χ0) is 9.42. The van der Waals surface area contributed by atoms with E-state index in [2.05, 4.69) is 10.6 Å². The van der Waals surface area contributed by atoms with E-state index in [1.807, 2.05) is 13.8 Å². The molecule has 0 aromatic rings. The highest BCUT2D eigenvalue weighted by Crippen LogP contribution is 2.47. The molecule has 2 aliphatic rings. The summed E-state index contributed by atoms with van der Waals surface area (Å²) in [5, 5.41) is 6.36. The van der Waals surface area contributed by atoms with Gasteiger partial charge in [-0.15, -0.1) is 0 Å². The molecule has 1 amide bonds. The van der Waals surface area contributed by atoms with Crippen molar-refractivity contribution in [2.45, 2.75) is 13.8 Å². The molecule has 13 heavy (non-hydrogen) atoms. The highest BCUT2D eigenvalue weighted by Gasteiger charge is 2.52. The fourth-order valence-corrected chi connectivity index (χ4v) is 2.27. The van der Waals surface area contributed by atoms with Crippen LogP contribution >= 0.6 is 0 Å². The average Bonchev–Trinajstić information content (AvgIpc) is 2.57. The van der Waals surface area contributed by atoms with Crippen molar-refractivity contribution >= 4 is 5.91 Å². The Hall–Kier alpha value is -0.570. The predicted octanol–water partition coefficient (Wildman–Crippen LogP) is 0.224. The summed E-state index contributed by atoms with van der Waals surface area (Å²) in [5.41, 5.74) is 0. The molecule has 0 aromatic carbocycles. The minimum Gasteiger partial charge on any atom is -0.356 e. The maximum absolute atomic E-state index is 11.3. The van der Waals surface area contributed by atoms with Gasteiger partial charge < -0.3 is 10.6 Å². The van der Waals surface area contributed by atoms with Gasteiger partial charge in [0.2, 0.25) is 5.91 Å². The summed E-state index contributed by atoms with van der Waals surface area (Å²) < 4.78 is 0. The highest BCUT2D eigenvalue weighted by atomic mass is 16.1. The molecule has 0 bridgehead atoms. The molecule has 0 aromatic heterocycles. The molecule has 74 valence electrons. The minimum atomic E-state index is 0.122. The molecule has 1 aliphatic carbocycles. The Kier molecular flexibility index (Phi) is 2.28. The molecule has 1 saturated heterocycles. The van der Waals surface area contributed by atoms with Gasteiger partial charge in [0, 0.05) is 12.5 Å². The van der Waals surface area contributed by atoms with Crippen LogP contribution in [0.5, 0.6) is 0 Å². The standard InChI is InChI=1S/C10H18N2O/c1-6(2)10(13)12-5-9-7-3-11-4-8(7)9/h6-9,11H,3-5H2,1-2H3,(H,12,13). The molecule has 2 N–H and O–H groups in total. The lowest BCUT2D eigenvalue weighted by molar-refractivity contribution is -0.124.